The second-order valence-corrected chi connectivity index (χ2v) is 28.5. The SMILES string of the molecule is C[C@H](CC[C@@H](O[C@@H]1O[C@H](CO[C@@H]2O[C@H](CO)[C@@H](O)[C@H](O)[C@H]2O)[C@@H](O)[C@H](O)[C@H]1O[C@@H]1O[C@H](CO)[C@@H](O)[C@H](O)[C@H]1O)C(C)(C)O)C1CC[C@@]2(C)C3CC=C4C(CC[C@H](O[C@@H]5O[C@H](CO[C@H]6O[C@H](CO)[C@@H](O)[C@H](O)[C@H]6O)[C@@H](O)[C@H](O)[C@H]5O)C4(C)C)[C@]3(C)C(=O)C[C@]12C. The van der Waals surface area contributed by atoms with E-state index in [4.69, 9.17) is 47.4 Å². The Morgan fingerprint density at radius 3 is 1.47 bits per heavy atom. The van der Waals surface area contributed by atoms with Crippen LogP contribution in [-0.4, -0.2) is 302 Å². The average Bonchev–Trinajstić information content (AvgIpc) is 1.66. The molecule has 5 aliphatic heterocycles. The number of Topliss-reactive ketones (excluding diaryl/α,β-unsaturated/α-hetero) is 1. The number of ketones is 1. The van der Waals surface area contributed by atoms with Crippen LogP contribution >= 0.6 is 0 Å². The van der Waals surface area contributed by atoms with Crippen molar-refractivity contribution in [3.05, 3.63) is 11.6 Å². The lowest BCUT2D eigenvalue weighted by molar-refractivity contribution is -0.380. The molecule has 9 aliphatic rings. The molecule has 0 amide bonds. The quantitative estimate of drug-likeness (QED) is 0.0507. The molecule has 0 bridgehead atoms. The average molecular weight is 1290 g/mol. The number of rotatable bonds is 20. The Labute approximate surface area is 516 Å². The van der Waals surface area contributed by atoms with Gasteiger partial charge < -0.3 is 139 Å². The van der Waals surface area contributed by atoms with Crippen molar-refractivity contribution in [3.8, 4) is 0 Å². The third-order valence-corrected chi connectivity index (χ3v) is 22.6. The van der Waals surface area contributed by atoms with E-state index in [9.17, 15) is 91.9 Å². The molecule has 29 nitrogen and oxygen atoms in total. The molecule has 18 N–H and O–H groups in total. The van der Waals surface area contributed by atoms with Crippen molar-refractivity contribution >= 4 is 5.78 Å². The fourth-order valence-electron chi connectivity index (χ4n) is 16.7. The zero-order chi connectivity index (χ0) is 65.5. The zero-order valence-corrected chi connectivity index (χ0v) is 51.7. The van der Waals surface area contributed by atoms with Crippen molar-refractivity contribution in [2.75, 3.05) is 33.0 Å². The fourth-order valence-corrected chi connectivity index (χ4v) is 16.7. The molecule has 9 rings (SSSR count). The normalized spacial score (nSPS) is 51.0. The smallest absolute Gasteiger partial charge is 0.187 e. The molecule has 0 aromatic heterocycles. The maximum absolute atomic E-state index is 15.4. The van der Waals surface area contributed by atoms with Gasteiger partial charge in [0.25, 0.3) is 0 Å². The Hall–Kier alpha value is -1.71. The lowest BCUT2D eigenvalue weighted by atomic mass is 9.38. The van der Waals surface area contributed by atoms with Crippen molar-refractivity contribution in [2.24, 2.45) is 45.3 Å². The van der Waals surface area contributed by atoms with Crippen molar-refractivity contribution in [1.29, 1.82) is 0 Å². The summed E-state index contributed by atoms with van der Waals surface area (Å²) in [6.07, 6.45) is -37.4. The van der Waals surface area contributed by atoms with Gasteiger partial charge in [0.1, 0.15) is 128 Å². The summed E-state index contributed by atoms with van der Waals surface area (Å²) in [4.78, 5) is 15.4. The number of aliphatic hydroxyl groups is 18. The standard InChI is InChI=1S/C60H100O29/c1-23(9-13-35(57(4,5)79)88-55-50(89-54-49(78)43(72)38(67)29(20-63)84-54)45(74)40(69)31(86-55)22-81-52-47(76)42(71)37(66)28(19-62)83-52)24-15-16-58(6)32-12-10-25-26(60(32,8)33(64)17-59(24,58)7)11-14-34(56(25,2)3)87-53-48(77)44(73)39(68)30(85-53)21-80-51-46(75)41(70)36(65)27(18-61)82-51/h10,23-24,26-32,34-55,61-63,65-79H,9,11-22H2,1-8H3/t23-,24?,26?,27-,28-,29-,30-,31-,32?,34+,35-,36-,37-,38-,39-,40-,41+,42+,43+,44+,45+,46-,47-,48-,49-,50-,51+,52-,53+,54+,55+,58+,59-,60+/m1/s1. The molecule has 4 aliphatic carbocycles. The first-order valence-electron chi connectivity index (χ1n) is 31.4. The molecular weight excluding hydrogens is 1180 g/mol. The van der Waals surface area contributed by atoms with Gasteiger partial charge in [-0.05, 0) is 93.3 Å². The number of carbonyl (C=O) groups excluding carboxylic acids is 1. The molecule has 3 saturated carbocycles. The van der Waals surface area contributed by atoms with Gasteiger partial charge in [-0.15, -0.1) is 0 Å². The molecule has 514 valence electrons. The van der Waals surface area contributed by atoms with Crippen LogP contribution in [0.1, 0.15) is 107 Å². The van der Waals surface area contributed by atoms with Crippen LogP contribution < -0.4 is 0 Å². The summed E-state index contributed by atoms with van der Waals surface area (Å²) in [6, 6.07) is 0. The Morgan fingerprint density at radius 2 is 0.978 bits per heavy atom. The number of fused-ring (bicyclic) bond motifs is 5. The third kappa shape index (κ3) is 13.0. The molecule has 3 unspecified atom stereocenters. The van der Waals surface area contributed by atoms with E-state index in [1.807, 2.05) is 13.8 Å². The number of hydrogen-bond acceptors (Lipinski definition) is 29. The van der Waals surface area contributed by atoms with Gasteiger partial charge in [0.05, 0.1) is 50.8 Å². The van der Waals surface area contributed by atoms with E-state index in [0.717, 1.165) is 18.4 Å². The molecule has 0 aromatic carbocycles. The molecular formula is C60H100O29. The van der Waals surface area contributed by atoms with Crippen molar-refractivity contribution in [1.82, 2.24) is 0 Å². The van der Waals surface area contributed by atoms with E-state index < -0.39 is 221 Å². The summed E-state index contributed by atoms with van der Waals surface area (Å²) in [5, 5.41) is 192. The third-order valence-electron chi connectivity index (χ3n) is 22.6. The molecule has 5 saturated heterocycles. The minimum Gasteiger partial charge on any atom is -0.394 e. The van der Waals surface area contributed by atoms with Crippen molar-refractivity contribution in [2.45, 2.75) is 278 Å². The summed E-state index contributed by atoms with van der Waals surface area (Å²) >= 11 is 0. The Bertz CT molecular complexity index is 2390. The van der Waals surface area contributed by atoms with Crippen LogP contribution in [0.15, 0.2) is 11.6 Å². The van der Waals surface area contributed by atoms with Gasteiger partial charge >= 0.3 is 0 Å². The highest BCUT2D eigenvalue weighted by Crippen LogP contribution is 2.74. The van der Waals surface area contributed by atoms with Gasteiger partial charge in [-0.2, -0.15) is 0 Å². The van der Waals surface area contributed by atoms with Crippen LogP contribution in [0.2, 0.25) is 0 Å². The van der Waals surface area contributed by atoms with Gasteiger partial charge in [-0.3, -0.25) is 4.79 Å². The second kappa shape index (κ2) is 27.4. The largest absolute Gasteiger partial charge is 0.394 e. The summed E-state index contributed by atoms with van der Waals surface area (Å²) in [6.45, 7) is 12.2. The van der Waals surface area contributed by atoms with Crippen LogP contribution in [0, 0.1) is 45.3 Å². The molecule has 0 radical (unpaired) electrons. The van der Waals surface area contributed by atoms with Gasteiger partial charge in [-0.1, -0.05) is 53.2 Å². The Morgan fingerprint density at radius 1 is 0.539 bits per heavy atom. The maximum atomic E-state index is 15.4. The van der Waals surface area contributed by atoms with Gasteiger partial charge in [0, 0.05) is 17.3 Å². The van der Waals surface area contributed by atoms with Crippen LogP contribution in [0.3, 0.4) is 0 Å². The molecule has 29 heteroatoms. The fraction of sp³-hybridized carbons (Fsp3) is 0.950. The van der Waals surface area contributed by atoms with E-state index in [-0.39, 0.29) is 47.7 Å². The van der Waals surface area contributed by atoms with Gasteiger partial charge in [0.2, 0.25) is 0 Å². The predicted octanol–water partition coefficient (Wildman–Crippen LogP) is -5.20. The summed E-state index contributed by atoms with van der Waals surface area (Å²) in [5.74, 6) is -0.178. The van der Waals surface area contributed by atoms with E-state index in [1.165, 1.54) is 13.8 Å². The van der Waals surface area contributed by atoms with E-state index in [2.05, 4.69) is 33.8 Å². The minimum absolute atomic E-state index is 0.00532. The van der Waals surface area contributed by atoms with Crippen molar-refractivity contribution in [3.63, 3.8) is 0 Å². The molecule has 34 atom stereocenters. The number of ether oxygens (including phenoxy) is 10. The number of hydrogen-bond donors (Lipinski definition) is 18. The zero-order valence-electron chi connectivity index (χ0n) is 51.7. The van der Waals surface area contributed by atoms with E-state index >= 15 is 4.79 Å². The molecule has 8 fully saturated rings. The van der Waals surface area contributed by atoms with Crippen LogP contribution in [0.4, 0.5) is 0 Å². The highest BCUT2D eigenvalue weighted by atomic mass is 16.8. The molecule has 0 spiro atoms. The lowest BCUT2D eigenvalue weighted by Crippen LogP contribution is -2.65. The number of carbonyl (C=O) groups is 1. The Kier molecular flexibility index (Phi) is 22.1. The minimum atomic E-state index is -1.97. The van der Waals surface area contributed by atoms with Crippen molar-refractivity contribution < 1.29 is 144 Å². The summed E-state index contributed by atoms with van der Waals surface area (Å²) in [7, 11) is 0. The predicted molar refractivity (Wildman–Crippen MR) is 299 cm³/mol. The first-order valence-corrected chi connectivity index (χ1v) is 31.4. The molecule has 89 heavy (non-hydrogen) atoms. The number of allylic oxidation sites excluding steroid dienone is 1. The maximum Gasteiger partial charge on any atom is 0.187 e. The monoisotopic (exact) mass is 1280 g/mol. The van der Waals surface area contributed by atoms with Crippen LogP contribution in [0.25, 0.3) is 0 Å². The topological polar surface area (TPSA) is 474 Å². The molecule has 5 heterocycles. The Balaban J connectivity index is 0.884. The summed E-state index contributed by atoms with van der Waals surface area (Å²) < 4.78 is 59.2. The highest BCUT2D eigenvalue weighted by molar-refractivity contribution is 5.88. The second-order valence-electron chi connectivity index (χ2n) is 28.5. The van der Waals surface area contributed by atoms with E-state index in [0.29, 0.717) is 25.7 Å². The van der Waals surface area contributed by atoms with Crippen LogP contribution in [0.5, 0.6) is 0 Å². The summed E-state index contributed by atoms with van der Waals surface area (Å²) in [5.41, 5.74) is -2.96. The molecule has 0 aromatic rings. The highest BCUT2D eigenvalue weighted by Gasteiger charge is 2.71. The van der Waals surface area contributed by atoms with Gasteiger partial charge in [-0.25, -0.2) is 0 Å². The first kappa shape index (κ1) is 71.6. The lowest BCUT2D eigenvalue weighted by Gasteiger charge is -2.65. The van der Waals surface area contributed by atoms with E-state index in [1.54, 1.807) is 0 Å². The van der Waals surface area contributed by atoms with Crippen LogP contribution in [-0.2, 0) is 52.2 Å². The first-order chi connectivity index (χ1) is 41.6. The number of aliphatic hydroxyl groups excluding tert-OH is 17. The van der Waals surface area contributed by atoms with Gasteiger partial charge in [0.15, 0.2) is 31.5 Å².